The molecule has 0 radical (unpaired) electrons. The van der Waals surface area contributed by atoms with Gasteiger partial charge in [0.05, 0.1) is 18.5 Å². The van der Waals surface area contributed by atoms with Gasteiger partial charge in [0.2, 0.25) is 0 Å². The molecule has 0 bridgehead atoms. The van der Waals surface area contributed by atoms with Gasteiger partial charge in [-0.3, -0.25) is 16.0 Å². The maximum absolute atomic E-state index is 6.44. The largest absolute Gasteiger partial charge is 0.455 e. The lowest BCUT2D eigenvalue weighted by atomic mass is 9.98. The summed E-state index contributed by atoms with van der Waals surface area (Å²) >= 11 is 3.71. The van der Waals surface area contributed by atoms with Gasteiger partial charge in [-0.2, -0.15) is 0 Å². The molecule has 1 aliphatic heterocycles. The quantitative estimate of drug-likeness (QED) is 0.172. The van der Waals surface area contributed by atoms with Crippen molar-refractivity contribution in [3.8, 4) is 11.1 Å². The van der Waals surface area contributed by atoms with E-state index in [-0.39, 0.29) is 18.5 Å². The smallest absolute Gasteiger partial charge is 0.143 e. The first kappa shape index (κ1) is 29.4. The first-order chi connectivity index (χ1) is 25.2. The Morgan fingerprint density at radius 2 is 1.08 bits per heavy atom. The SMILES string of the molecule is c1ccc(C2NC(c3ccc4sc5ccc(-c6cccc7c6oc6ccccc67)cc5c4c3)NC(c3cccc4sc5ccccc5c34)N2)cc1. The van der Waals surface area contributed by atoms with E-state index in [1.54, 1.807) is 0 Å². The zero-order valence-electron chi connectivity index (χ0n) is 27.4. The van der Waals surface area contributed by atoms with Crippen molar-refractivity contribution in [1.82, 2.24) is 16.0 Å². The number of nitrogens with one attached hydrogen (secondary N) is 3. The molecule has 1 saturated heterocycles. The van der Waals surface area contributed by atoms with Crippen molar-refractivity contribution >= 4 is 85.0 Å². The lowest BCUT2D eigenvalue weighted by Gasteiger charge is -2.40. The van der Waals surface area contributed by atoms with Crippen molar-refractivity contribution in [3.63, 3.8) is 0 Å². The number of furan rings is 1. The molecule has 10 aromatic rings. The first-order valence-electron chi connectivity index (χ1n) is 17.4. The third-order valence-corrected chi connectivity index (χ3v) is 12.7. The minimum atomic E-state index is -0.0894. The Hall–Kier alpha value is -5.34. The van der Waals surface area contributed by atoms with Crippen molar-refractivity contribution in [2.24, 2.45) is 0 Å². The van der Waals surface area contributed by atoms with Gasteiger partial charge in [-0.15, -0.1) is 22.7 Å². The molecule has 3 atom stereocenters. The number of benzene rings is 7. The molecule has 0 saturated carbocycles. The minimum absolute atomic E-state index is 0.0478. The van der Waals surface area contributed by atoms with E-state index in [0.717, 1.165) is 33.1 Å². The Labute approximate surface area is 302 Å². The highest BCUT2D eigenvalue weighted by molar-refractivity contribution is 7.26. The van der Waals surface area contributed by atoms with E-state index in [4.69, 9.17) is 4.42 Å². The molecule has 3 unspecified atom stereocenters. The van der Waals surface area contributed by atoms with Gasteiger partial charge in [0.15, 0.2) is 0 Å². The van der Waals surface area contributed by atoms with Crippen LogP contribution in [-0.4, -0.2) is 0 Å². The number of hydrogen-bond acceptors (Lipinski definition) is 6. The molecule has 1 fully saturated rings. The van der Waals surface area contributed by atoms with Gasteiger partial charge >= 0.3 is 0 Å². The summed E-state index contributed by atoms with van der Waals surface area (Å²) in [4.78, 5) is 0. The number of para-hydroxylation sites is 2. The van der Waals surface area contributed by atoms with Crippen molar-refractivity contribution in [2.75, 3.05) is 0 Å². The maximum atomic E-state index is 6.44. The van der Waals surface area contributed by atoms with Crippen LogP contribution in [0.4, 0.5) is 0 Å². The van der Waals surface area contributed by atoms with Gasteiger partial charge < -0.3 is 4.42 Å². The molecular weight excluding hydrogens is 663 g/mol. The molecule has 244 valence electrons. The third-order valence-electron chi connectivity index (χ3n) is 10.4. The van der Waals surface area contributed by atoms with Crippen LogP contribution in [0.2, 0.25) is 0 Å². The van der Waals surface area contributed by atoms with E-state index < -0.39 is 0 Å². The molecule has 6 heteroatoms. The summed E-state index contributed by atoms with van der Waals surface area (Å²) in [6, 6.07) is 54.8. The molecule has 0 aliphatic carbocycles. The van der Waals surface area contributed by atoms with Crippen LogP contribution in [0.5, 0.6) is 0 Å². The fourth-order valence-corrected chi connectivity index (χ4v) is 10.2. The van der Waals surface area contributed by atoms with Crippen LogP contribution in [-0.2, 0) is 0 Å². The second-order valence-corrected chi connectivity index (χ2v) is 15.5. The van der Waals surface area contributed by atoms with Gasteiger partial charge in [0, 0.05) is 56.7 Å². The normalized spacial score (nSPS) is 18.2. The van der Waals surface area contributed by atoms with E-state index >= 15 is 0 Å². The number of hydrogen-bond donors (Lipinski definition) is 3. The minimum Gasteiger partial charge on any atom is -0.455 e. The highest BCUT2D eigenvalue weighted by atomic mass is 32.1. The van der Waals surface area contributed by atoms with E-state index in [1.807, 2.05) is 28.7 Å². The van der Waals surface area contributed by atoms with Crippen LogP contribution in [0.25, 0.3) is 73.4 Å². The topological polar surface area (TPSA) is 49.2 Å². The highest BCUT2D eigenvalue weighted by Gasteiger charge is 2.31. The first-order valence-corrected chi connectivity index (χ1v) is 19.0. The second-order valence-electron chi connectivity index (χ2n) is 13.4. The fourth-order valence-electron chi connectivity index (χ4n) is 8.01. The molecular formula is C45H31N3OS2. The standard InChI is InChI=1S/C45H31N3OS2/c1-2-10-26(11-3-1)43-46-44(48-45(47-43)33-16-9-19-40-41(33)32-13-5-7-18-37(32)51-40)28-21-23-39-35(25-28)34-24-27(20-22-38(34)50-39)29-14-8-15-31-30-12-4-6-17-36(30)49-42(29)31/h1-25,43-48H. The van der Waals surface area contributed by atoms with Crippen molar-refractivity contribution < 1.29 is 4.42 Å². The van der Waals surface area contributed by atoms with Crippen LogP contribution in [0.15, 0.2) is 156 Å². The molecule has 0 amide bonds. The summed E-state index contributed by atoms with van der Waals surface area (Å²) in [5.74, 6) is 0. The van der Waals surface area contributed by atoms with Gasteiger partial charge in [0.25, 0.3) is 0 Å². The predicted octanol–water partition coefficient (Wildman–Crippen LogP) is 12.2. The Morgan fingerprint density at radius 1 is 0.431 bits per heavy atom. The van der Waals surface area contributed by atoms with Crippen LogP contribution in [0, 0.1) is 0 Å². The average molecular weight is 694 g/mol. The summed E-state index contributed by atoms with van der Waals surface area (Å²) in [6.07, 6.45) is -0.212. The molecule has 0 spiro atoms. The second kappa shape index (κ2) is 11.6. The molecule has 4 nitrogen and oxygen atoms in total. The van der Waals surface area contributed by atoms with Crippen LogP contribution < -0.4 is 16.0 Å². The molecule has 1 aliphatic rings. The Kier molecular flexibility index (Phi) is 6.69. The molecule has 7 aromatic carbocycles. The highest BCUT2D eigenvalue weighted by Crippen LogP contribution is 2.42. The summed E-state index contributed by atoms with van der Waals surface area (Å²) in [5.41, 5.74) is 7.83. The molecule has 3 aromatic heterocycles. The van der Waals surface area contributed by atoms with Crippen LogP contribution >= 0.6 is 22.7 Å². The summed E-state index contributed by atoms with van der Waals surface area (Å²) < 4.78 is 11.6. The Bertz CT molecular complexity index is 2940. The van der Waals surface area contributed by atoms with Gasteiger partial charge in [-0.1, -0.05) is 109 Å². The predicted molar refractivity (Wildman–Crippen MR) is 215 cm³/mol. The number of thiophene rings is 2. The Balaban J connectivity index is 1.03. The van der Waals surface area contributed by atoms with E-state index in [0.29, 0.717) is 0 Å². The monoisotopic (exact) mass is 693 g/mol. The molecule has 3 N–H and O–H groups in total. The zero-order chi connectivity index (χ0) is 33.5. The molecule has 51 heavy (non-hydrogen) atoms. The number of fused-ring (bicyclic) bond motifs is 9. The summed E-state index contributed by atoms with van der Waals surface area (Å²) in [7, 11) is 0. The van der Waals surface area contributed by atoms with Crippen molar-refractivity contribution in [1.29, 1.82) is 0 Å². The Morgan fingerprint density at radius 3 is 1.98 bits per heavy atom. The zero-order valence-corrected chi connectivity index (χ0v) is 29.0. The van der Waals surface area contributed by atoms with Crippen molar-refractivity contribution in [2.45, 2.75) is 18.5 Å². The van der Waals surface area contributed by atoms with Crippen LogP contribution in [0.3, 0.4) is 0 Å². The van der Waals surface area contributed by atoms with Gasteiger partial charge in [-0.05, 0) is 64.7 Å². The third kappa shape index (κ3) is 4.76. The van der Waals surface area contributed by atoms with Crippen molar-refractivity contribution in [3.05, 3.63) is 168 Å². The lowest BCUT2D eigenvalue weighted by Crippen LogP contribution is -2.54. The number of rotatable bonds is 4. The maximum Gasteiger partial charge on any atom is 0.143 e. The van der Waals surface area contributed by atoms with E-state index in [1.165, 1.54) is 57.0 Å². The van der Waals surface area contributed by atoms with E-state index in [2.05, 4.69) is 162 Å². The van der Waals surface area contributed by atoms with Gasteiger partial charge in [-0.25, -0.2) is 0 Å². The van der Waals surface area contributed by atoms with Gasteiger partial charge in [0.1, 0.15) is 11.2 Å². The summed E-state index contributed by atoms with van der Waals surface area (Å²) in [5, 5.41) is 19.3. The lowest BCUT2D eigenvalue weighted by molar-refractivity contribution is 0.204. The summed E-state index contributed by atoms with van der Waals surface area (Å²) in [6.45, 7) is 0. The fraction of sp³-hybridized carbons (Fsp3) is 0.0667. The molecule has 11 rings (SSSR count). The molecule has 4 heterocycles. The van der Waals surface area contributed by atoms with E-state index in [9.17, 15) is 0 Å². The average Bonchev–Trinajstić information content (AvgIpc) is 3.89. The van der Waals surface area contributed by atoms with Crippen LogP contribution in [0.1, 0.15) is 35.2 Å².